The second kappa shape index (κ2) is 8.57. The van der Waals surface area contributed by atoms with Crippen LogP contribution in [0.15, 0.2) is 24.3 Å². The zero-order valence-electron chi connectivity index (χ0n) is 15.3. The van der Waals surface area contributed by atoms with Gasteiger partial charge in [0.2, 0.25) is 5.91 Å². The number of ether oxygens (including phenoxy) is 2. The molecule has 0 aliphatic heterocycles. The molecule has 1 aromatic carbocycles. The van der Waals surface area contributed by atoms with Crippen molar-refractivity contribution in [3.8, 4) is 5.75 Å². The van der Waals surface area contributed by atoms with E-state index in [1.807, 2.05) is 38.1 Å². The summed E-state index contributed by atoms with van der Waals surface area (Å²) < 4.78 is 10.5. The van der Waals surface area contributed by atoms with Gasteiger partial charge in [0, 0.05) is 12.1 Å². The highest BCUT2D eigenvalue weighted by molar-refractivity contribution is 5.85. The van der Waals surface area contributed by atoms with E-state index in [0.717, 1.165) is 5.56 Å². The predicted molar refractivity (Wildman–Crippen MR) is 92.8 cm³/mol. The second-order valence-electron chi connectivity index (χ2n) is 6.90. The molecule has 0 aliphatic rings. The molecule has 0 spiro atoms. The molecule has 0 bridgehead atoms. The van der Waals surface area contributed by atoms with Crippen LogP contribution in [0.4, 0.5) is 4.79 Å². The number of alkyl carbamates (subject to hydrolysis) is 1. The van der Waals surface area contributed by atoms with E-state index >= 15 is 0 Å². The molecule has 134 valence electrons. The summed E-state index contributed by atoms with van der Waals surface area (Å²) in [5.41, 5.74) is 0.257. The van der Waals surface area contributed by atoms with E-state index in [9.17, 15) is 9.59 Å². The predicted octanol–water partition coefficient (Wildman–Crippen LogP) is 2.86. The largest absolute Gasteiger partial charge is 0.496 e. The highest BCUT2D eigenvalue weighted by Gasteiger charge is 2.26. The smallest absolute Gasteiger partial charge is 0.408 e. The maximum atomic E-state index is 12.4. The third-order valence-electron chi connectivity index (χ3n) is 3.27. The molecular formula is C18H28N2O4. The minimum atomic E-state index is -0.672. The van der Waals surface area contributed by atoms with E-state index in [1.165, 1.54) is 0 Å². The summed E-state index contributed by atoms with van der Waals surface area (Å²) in [6.45, 7) is 9.38. The van der Waals surface area contributed by atoms with Crippen LogP contribution in [-0.4, -0.2) is 30.8 Å². The summed E-state index contributed by atoms with van der Waals surface area (Å²) in [5, 5.41) is 5.47. The van der Waals surface area contributed by atoms with Gasteiger partial charge in [-0.3, -0.25) is 4.79 Å². The van der Waals surface area contributed by atoms with Crippen LogP contribution in [-0.2, 0) is 16.1 Å². The van der Waals surface area contributed by atoms with Crippen molar-refractivity contribution in [1.82, 2.24) is 10.6 Å². The molecule has 0 heterocycles. The number of nitrogens with one attached hydrogen (secondary N) is 2. The number of carbonyl (C=O) groups excluding carboxylic acids is 2. The topological polar surface area (TPSA) is 76.7 Å². The Kier molecular flexibility index (Phi) is 7.07. The summed E-state index contributed by atoms with van der Waals surface area (Å²) in [7, 11) is 1.58. The lowest BCUT2D eigenvalue weighted by Gasteiger charge is -2.25. The molecule has 2 N–H and O–H groups in total. The lowest BCUT2D eigenvalue weighted by atomic mass is 10.0. The van der Waals surface area contributed by atoms with Crippen molar-refractivity contribution < 1.29 is 19.1 Å². The molecule has 6 heteroatoms. The van der Waals surface area contributed by atoms with Gasteiger partial charge in [-0.15, -0.1) is 0 Å². The van der Waals surface area contributed by atoms with E-state index in [1.54, 1.807) is 27.9 Å². The molecule has 24 heavy (non-hydrogen) atoms. The number of methoxy groups -OCH3 is 1. The molecule has 1 atom stereocenters. The van der Waals surface area contributed by atoms with E-state index in [2.05, 4.69) is 10.6 Å². The second-order valence-corrected chi connectivity index (χ2v) is 6.90. The number of amides is 2. The Morgan fingerprint density at radius 3 is 2.33 bits per heavy atom. The van der Waals surface area contributed by atoms with Gasteiger partial charge in [0.25, 0.3) is 0 Å². The van der Waals surface area contributed by atoms with Crippen molar-refractivity contribution in [2.24, 2.45) is 5.92 Å². The summed E-state index contributed by atoms with van der Waals surface area (Å²) in [6, 6.07) is 6.79. The third-order valence-corrected chi connectivity index (χ3v) is 3.27. The van der Waals surface area contributed by atoms with Crippen LogP contribution < -0.4 is 15.4 Å². The minimum Gasteiger partial charge on any atom is -0.496 e. The van der Waals surface area contributed by atoms with Gasteiger partial charge in [-0.05, 0) is 32.8 Å². The van der Waals surface area contributed by atoms with Crippen LogP contribution in [0.5, 0.6) is 5.75 Å². The normalized spacial score (nSPS) is 12.5. The first-order chi connectivity index (χ1) is 11.1. The summed E-state index contributed by atoms with van der Waals surface area (Å²) in [4.78, 5) is 24.4. The average Bonchev–Trinajstić information content (AvgIpc) is 2.48. The fourth-order valence-electron chi connectivity index (χ4n) is 2.11. The number of rotatable bonds is 6. The highest BCUT2D eigenvalue weighted by atomic mass is 16.6. The first-order valence-electron chi connectivity index (χ1n) is 8.03. The molecule has 1 rings (SSSR count). The quantitative estimate of drug-likeness (QED) is 0.837. The molecular weight excluding hydrogens is 308 g/mol. The van der Waals surface area contributed by atoms with Gasteiger partial charge in [0.15, 0.2) is 0 Å². The molecule has 0 radical (unpaired) electrons. The number of para-hydroxylation sites is 1. The van der Waals surface area contributed by atoms with Crippen LogP contribution in [0.3, 0.4) is 0 Å². The van der Waals surface area contributed by atoms with Crippen molar-refractivity contribution in [1.29, 1.82) is 0 Å². The Labute approximate surface area is 143 Å². The number of hydrogen-bond acceptors (Lipinski definition) is 4. The Morgan fingerprint density at radius 1 is 1.17 bits per heavy atom. The average molecular weight is 336 g/mol. The van der Waals surface area contributed by atoms with Gasteiger partial charge in [0.1, 0.15) is 17.4 Å². The third kappa shape index (κ3) is 6.48. The molecule has 1 aromatic rings. The van der Waals surface area contributed by atoms with Crippen LogP contribution in [0.25, 0.3) is 0 Å². The van der Waals surface area contributed by atoms with E-state index in [0.29, 0.717) is 12.3 Å². The van der Waals surface area contributed by atoms with Gasteiger partial charge in [-0.2, -0.15) is 0 Å². The van der Waals surface area contributed by atoms with E-state index in [4.69, 9.17) is 9.47 Å². The molecule has 2 amide bonds. The van der Waals surface area contributed by atoms with Crippen molar-refractivity contribution in [2.75, 3.05) is 7.11 Å². The van der Waals surface area contributed by atoms with Gasteiger partial charge in [0.05, 0.1) is 7.11 Å². The molecule has 6 nitrogen and oxygen atoms in total. The van der Waals surface area contributed by atoms with E-state index in [-0.39, 0.29) is 11.8 Å². The Bertz CT molecular complexity index is 564. The molecule has 0 aromatic heterocycles. The molecule has 0 saturated heterocycles. The molecule has 1 unspecified atom stereocenters. The summed E-state index contributed by atoms with van der Waals surface area (Å²) >= 11 is 0. The SMILES string of the molecule is COc1ccccc1CNC(=O)C(NC(=O)OC(C)(C)C)C(C)C. The number of benzene rings is 1. The van der Waals surface area contributed by atoms with Crippen molar-refractivity contribution in [3.05, 3.63) is 29.8 Å². The summed E-state index contributed by atoms with van der Waals surface area (Å²) in [6.07, 6.45) is -0.603. The molecule has 0 fully saturated rings. The minimum absolute atomic E-state index is 0.0739. The maximum Gasteiger partial charge on any atom is 0.408 e. The fraction of sp³-hybridized carbons (Fsp3) is 0.556. The standard InChI is InChI=1S/C18H28N2O4/c1-12(2)15(20-17(22)24-18(3,4)5)16(21)19-11-13-9-7-8-10-14(13)23-6/h7-10,12,15H,11H2,1-6H3,(H,19,21)(H,20,22). The fourth-order valence-corrected chi connectivity index (χ4v) is 2.11. The summed E-state index contributed by atoms with van der Waals surface area (Å²) in [5.74, 6) is 0.371. The van der Waals surface area contributed by atoms with Crippen LogP contribution in [0, 0.1) is 5.92 Å². The van der Waals surface area contributed by atoms with Crippen molar-refractivity contribution >= 4 is 12.0 Å². The lowest BCUT2D eigenvalue weighted by Crippen LogP contribution is -2.50. The van der Waals surface area contributed by atoms with Crippen molar-refractivity contribution in [3.63, 3.8) is 0 Å². The van der Waals surface area contributed by atoms with Crippen LogP contribution >= 0.6 is 0 Å². The number of carbonyl (C=O) groups is 2. The molecule has 0 saturated carbocycles. The van der Waals surface area contributed by atoms with Crippen LogP contribution in [0.1, 0.15) is 40.2 Å². The van der Waals surface area contributed by atoms with Gasteiger partial charge >= 0.3 is 6.09 Å². The Hall–Kier alpha value is -2.24. The van der Waals surface area contributed by atoms with Gasteiger partial charge in [-0.25, -0.2) is 4.79 Å². The van der Waals surface area contributed by atoms with E-state index < -0.39 is 17.7 Å². The van der Waals surface area contributed by atoms with Gasteiger partial charge in [-0.1, -0.05) is 32.0 Å². The highest BCUT2D eigenvalue weighted by Crippen LogP contribution is 2.17. The van der Waals surface area contributed by atoms with Gasteiger partial charge < -0.3 is 20.1 Å². The molecule has 0 aliphatic carbocycles. The zero-order chi connectivity index (χ0) is 18.3. The lowest BCUT2D eigenvalue weighted by molar-refractivity contribution is -0.124. The maximum absolute atomic E-state index is 12.4. The first-order valence-corrected chi connectivity index (χ1v) is 8.03. The zero-order valence-corrected chi connectivity index (χ0v) is 15.3. The number of hydrogen-bond donors (Lipinski definition) is 2. The Morgan fingerprint density at radius 2 is 1.79 bits per heavy atom. The van der Waals surface area contributed by atoms with Crippen molar-refractivity contribution in [2.45, 2.75) is 52.8 Å². The Balaban J connectivity index is 2.68. The van der Waals surface area contributed by atoms with Crippen LogP contribution in [0.2, 0.25) is 0 Å². The first kappa shape index (κ1) is 19.8. The monoisotopic (exact) mass is 336 g/mol.